The molecule has 1 saturated heterocycles. The van der Waals surface area contributed by atoms with Gasteiger partial charge in [0.05, 0.1) is 6.04 Å². The minimum atomic E-state index is -0.0438. The summed E-state index contributed by atoms with van der Waals surface area (Å²) < 4.78 is 0. The molecule has 1 aliphatic rings. The maximum atomic E-state index is 12.4. The van der Waals surface area contributed by atoms with E-state index in [4.69, 9.17) is 0 Å². The standard InChI is InChI=1S/C19H31N3O/c1-19(2,3)14-17(15-8-6-5-7-9-15)21-18(23)20-16-10-12-22(4)13-11-16/h5-9,16-17H,10-14H2,1-4H3,(H2,20,21,23). The Morgan fingerprint density at radius 3 is 2.39 bits per heavy atom. The third kappa shape index (κ3) is 6.22. The second kappa shape index (κ2) is 7.82. The Bertz CT molecular complexity index is 487. The van der Waals surface area contributed by atoms with E-state index in [0.717, 1.165) is 32.4 Å². The van der Waals surface area contributed by atoms with E-state index in [1.165, 1.54) is 5.56 Å². The summed E-state index contributed by atoms with van der Waals surface area (Å²) in [6, 6.07) is 10.5. The SMILES string of the molecule is CN1CCC(NC(=O)NC(CC(C)(C)C)c2ccccc2)CC1. The van der Waals surface area contributed by atoms with Crippen molar-refractivity contribution >= 4 is 6.03 Å². The Morgan fingerprint density at radius 2 is 1.83 bits per heavy atom. The fourth-order valence-corrected chi connectivity index (χ4v) is 3.09. The van der Waals surface area contributed by atoms with Crippen molar-refractivity contribution in [3.8, 4) is 0 Å². The van der Waals surface area contributed by atoms with Gasteiger partial charge in [0.15, 0.2) is 0 Å². The molecule has 0 aliphatic carbocycles. The highest BCUT2D eigenvalue weighted by Crippen LogP contribution is 2.29. The van der Waals surface area contributed by atoms with Gasteiger partial charge in [-0.25, -0.2) is 4.79 Å². The summed E-state index contributed by atoms with van der Waals surface area (Å²) in [4.78, 5) is 14.7. The first-order valence-corrected chi connectivity index (χ1v) is 8.64. The van der Waals surface area contributed by atoms with Gasteiger partial charge in [0.25, 0.3) is 0 Å². The Labute approximate surface area is 140 Å². The number of hydrogen-bond acceptors (Lipinski definition) is 2. The topological polar surface area (TPSA) is 44.4 Å². The maximum absolute atomic E-state index is 12.4. The second-order valence-electron chi connectivity index (χ2n) is 7.92. The van der Waals surface area contributed by atoms with E-state index in [2.05, 4.69) is 55.5 Å². The molecule has 0 spiro atoms. The van der Waals surface area contributed by atoms with E-state index in [0.29, 0.717) is 0 Å². The number of benzene rings is 1. The molecule has 2 amide bonds. The predicted molar refractivity (Wildman–Crippen MR) is 95.4 cm³/mol. The van der Waals surface area contributed by atoms with Crippen LogP contribution in [-0.4, -0.2) is 37.1 Å². The van der Waals surface area contributed by atoms with Crippen LogP contribution in [0.3, 0.4) is 0 Å². The van der Waals surface area contributed by atoms with E-state index < -0.39 is 0 Å². The molecule has 1 aliphatic heterocycles. The van der Waals surface area contributed by atoms with E-state index in [-0.39, 0.29) is 23.5 Å². The van der Waals surface area contributed by atoms with E-state index in [1.807, 2.05) is 18.2 Å². The number of carbonyl (C=O) groups excluding carboxylic acids is 1. The van der Waals surface area contributed by atoms with Crippen molar-refractivity contribution in [1.82, 2.24) is 15.5 Å². The van der Waals surface area contributed by atoms with Gasteiger partial charge in [-0.1, -0.05) is 51.1 Å². The van der Waals surface area contributed by atoms with Crippen molar-refractivity contribution in [2.75, 3.05) is 20.1 Å². The lowest BCUT2D eigenvalue weighted by atomic mass is 9.85. The highest BCUT2D eigenvalue weighted by Gasteiger charge is 2.24. The fraction of sp³-hybridized carbons (Fsp3) is 0.632. The first-order chi connectivity index (χ1) is 10.8. The third-order valence-electron chi connectivity index (χ3n) is 4.38. The van der Waals surface area contributed by atoms with Crippen LogP contribution >= 0.6 is 0 Å². The molecular weight excluding hydrogens is 286 g/mol. The van der Waals surface area contributed by atoms with Crippen LogP contribution in [0.1, 0.15) is 51.6 Å². The Morgan fingerprint density at radius 1 is 1.22 bits per heavy atom. The molecule has 23 heavy (non-hydrogen) atoms. The van der Waals surface area contributed by atoms with Crippen molar-refractivity contribution in [3.63, 3.8) is 0 Å². The van der Waals surface area contributed by atoms with E-state index in [1.54, 1.807) is 0 Å². The molecule has 0 saturated carbocycles. The minimum absolute atomic E-state index is 0.0438. The van der Waals surface area contributed by atoms with Gasteiger partial charge < -0.3 is 15.5 Å². The molecule has 1 fully saturated rings. The highest BCUT2D eigenvalue weighted by molar-refractivity contribution is 5.74. The van der Waals surface area contributed by atoms with Gasteiger partial charge in [0, 0.05) is 6.04 Å². The molecule has 1 heterocycles. The molecular formula is C19H31N3O. The number of nitrogens with one attached hydrogen (secondary N) is 2. The van der Waals surface area contributed by atoms with Crippen molar-refractivity contribution < 1.29 is 4.79 Å². The van der Waals surface area contributed by atoms with E-state index in [9.17, 15) is 4.79 Å². The summed E-state index contributed by atoms with van der Waals surface area (Å²) in [5.74, 6) is 0. The van der Waals surface area contributed by atoms with Gasteiger partial charge in [0.2, 0.25) is 0 Å². The molecule has 1 aromatic carbocycles. The van der Waals surface area contributed by atoms with Crippen LogP contribution in [0, 0.1) is 5.41 Å². The molecule has 0 aromatic heterocycles. The molecule has 2 rings (SSSR count). The first-order valence-electron chi connectivity index (χ1n) is 8.64. The van der Waals surface area contributed by atoms with Crippen LogP contribution in [0.4, 0.5) is 4.79 Å². The highest BCUT2D eigenvalue weighted by atomic mass is 16.2. The number of urea groups is 1. The summed E-state index contributed by atoms with van der Waals surface area (Å²) in [7, 11) is 2.13. The average Bonchev–Trinajstić information content (AvgIpc) is 2.48. The Kier molecular flexibility index (Phi) is 6.05. The van der Waals surface area contributed by atoms with Gasteiger partial charge in [-0.15, -0.1) is 0 Å². The summed E-state index contributed by atoms with van der Waals surface area (Å²) >= 11 is 0. The average molecular weight is 317 g/mol. The van der Waals surface area contributed by atoms with Gasteiger partial charge in [0.1, 0.15) is 0 Å². The quantitative estimate of drug-likeness (QED) is 0.892. The zero-order valence-electron chi connectivity index (χ0n) is 14.9. The summed E-state index contributed by atoms with van der Waals surface area (Å²) in [5, 5.41) is 6.33. The molecule has 2 N–H and O–H groups in total. The van der Waals surface area contributed by atoms with Gasteiger partial charge in [-0.3, -0.25) is 0 Å². The Hall–Kier alpha value is -1.55. The number of hydrogen-bond donors (Lipinski definition) is 2. The van der Waals surface area contributed by atoms with Gasteiger partial charge in [-0.05, 0) is 50.4 Å². The largest absolute Gasteiger partial charge is 0.335 e. The number of carbonyl (C=O) groups is 1. The zero-order valence-corrected chi connectivity index (χ0v) is 14.9. The lowest BCUT2D eigenvalue weighted by molar-refractivity contribution is 0.207. The first kappa shape index (κ1) is 17.8. The predicted octanol–water partition coefficient (Wildman–Crippen LogP) is 3.56. The molecule has 0 bridgehead atoms. The van der Waals surface area contributed by atoms with Crippen molar-refractivity contribution in [2.45, 2.75) is 52.1 Å². The molecule has 4 heteroatoms. The molecule has 128 valence electrons. The zero-order chi connectivity index (χ0) is 16.9. The van der Waals surface area contributed by atoms with Crippen LogP contribution < -0.4 is 10.6 Å². The van der Waals surface area contributed by atoms with Gasteiger partial charge in [-0.2, -0.15) is 0 Å². The number of nitrogens with zero attached hydrogens (tertiary/aromatic N) is 1. The number of piperidine rings is 1. The van der Waals surface area contributed by atoms with Crippen LogP contribution in [0.2, 0.25) is 0 Å². The van der Waals surface area contributed by atoms with Crippen LogP contribution in [0.25, 0.3) is 0 Å². The Balaban J connectivity index is 1.95. The third-order valence-corrected chi connectivity index (χ3v) is 4.38. The monoisotopic (exact) mass is 317 g/mol. The van der Waals surface area contributed by atoms with Crippen molar-refractivity contribution in [3.05, 3.63) is 35.9 Å². The van der Waals surface area contributed by atoms with Crippen LogP contribution in [0.5, 0.6) is 0 Å². The van der Waals surface area contributed by atoms with Gasteiger partial charge >= 0.3 is 6.03 Å². The number of rotatable bonds is 4. The van der Waals surface area contributed by atoms with Crippen LogP contribution in [-0.2, 0) is 0 Å². The molecule has 1 unspecified atom stereocenters. The number of amides is 2. The second-order valence-corrected chi connectivity index (χ2v) is 7.92. The lowest BCUT2D eigenvalue weighted by Crippen LogP contribution is -2.48. The van der Waals surface area contributed by atoms with E-state index >= 15 is 0 Å². The smallest absolute Gasteiger partial charge is 0.315 e. The normalized spacial score (nSPS) is 18.4. The van der Waals surface area contributed by atoms with Crippen molar-refractivity contribution in [1.29, 1.82) is 0 Å². The molecule has 1 aromatic rings. The molecule has 0 radical (unpaired) electrons. The number of likely N-dealkylation sites (tertiary alicyclic amines) is 1. The summed E-state index contributed by atoms with van der Waals surface area (Å²) in [6.45, 7) is 8.72. The minimum Gasteiger partial charge on any atom is -0.335 e. The van der Waals surface area contributed by atoms with Crippen LogP contribution in [0.15, 0.2) is 30.3 Å². The fourth-order valence-electron chi connectivity index (χ4n) is 3.09. The summed E-state index contributed by atoms with van der Waals surface area (Å²) in [5.41, 5.74) is 1.32. The lowest BCUT2D eigenvalue weighted by Gasteiger charge is -2.31. The molecule has 1 atom stereocenters. The molecule has 4 nitrogen and oxygen atoms in total. The summed E-state index contributed by atoms with van der Waals surface area (Å²) in [6.07, 6.45) is 2.97. The van der Waals surface area contributed by atoms with Crippen molar-refractivity contribution in [2.24, 2.45) is 5.41 Å². The maximum Gasteiger partial charge on any atom is 0.315 e.